The molecule has 1 saturated heterocycles. The van der Waals surface area contributed by atoms with Crippen LogP contribution in [0, 0.1) is 0 Å². The Morgan fingerprint density at radius 1 is 1.06 bits per heavy atom. The molecule has 3 rings (SSSR count). The van der Waals surface area contributed by atoms with Gasteiger partial charge in [-0.25, -0.2) is 0 Å². The number of hydrogen-bond acceptors (Lipinski definition) is 7. The van der Waals surface area contributed by atoms with Crippen molar-refractivity contribution in [1.82, 2.24) is 0 Å². The fraction of sp³-hybridized carbons (Fsp3) is 0.500. The van der Waals surface area contributed by atoms with Crippen molar-refractivity contribution in [2.45, 2.75) is 76.7 Å². The first kappa shape index (κ1) is 26.6. The van der Waals surface area contributed by atoms with Crippen molar-refractivity contribution in [2.24, 2.45) is 5.16 Å². The smallest absolute Gasteiger partial charge is 0.122 e. The summed E-state index contributed by atoms with van der Waals surface area (Å²) >= 11 is 6.45. The third kappa shape index (κ3) is 6.36. The third-order valence-corrected chi connectivity index (χ3v) is 6.20. The second-order valence-corrected chi connectivity index (χ2v) is 9.32. The summed E-state index contributed by atoms with van der Waals surface area (Å²) in [5.41, 5.74) is 4.39. The molecule has 0 spiro atoms. The second kappa shape index (κ2) is 12.1. The van der Waals surface area contributed by atoms with Crippen LogP contribution in [0.2, 0.25) is 5.02 Å². The minimum absolute atomic E-state index is 0.0178. The van der Waals surface area contributed by atoms with Crippen LogP contribution in [-0.2, 0) is 16.0 Å². The van der Waals surface area contributed by atoms with E-state index in [2.05, 4.69) is 12.1 Å². The molecule has 0 aliphatic carbocycles. The Kier molecular flexibility index (Phi) is 9.47. The molecule has 0 saturated carbocycles. The molecule has 5 atom stereocenters. The lowest BCUT2D eigenvalue weighted by Crippen LogP contribution is -2.55. The summed E-state index contributed by atoms with van der Waals surface area (Å²) in [6.07, 6.45) is -3.68. The highest BCUT2D eigenvalue weighted by Gasteiger charge is 2.44. The molecule has 4 N–H and O–H groups in total. The van der Waals surface area contributed by atoms with Crippen molar-refractivity contribution in [3.05, 3.63) is 69.7 Å². The van der Waals surface area contributed by atoms with Gasteiger partial charge in [-0.1, -0.05) is 66.5 Å². The Bertz CT molecular complexity index is 962. The number of aliphatic hydroxyl groups is 4. The van der Waals surface area contributed by atoms with Crippen LogP contribution >= 0.6 is 11.6 Å². The maximum Gasteiger partial charge on any atom is 0.122 e. The van der Waals surface area contributed by atoms with E-state index in [4.69, 9.17) is 21.2 Å². The SMILES string of the molecule is CCCC(=NOC(C)C)c1ccc(Cc2cc(C3OC(CO)C(O)C(O)C3O)ccc2Cl)cc1. The van der Waals surface area contributed by atoms with Crippen molar-refractivity contribution in [3.8, 4) is 0 Å². The maximum atomic E-state index is 10.5. The van der Waals surface area contributed by atoms with Crippen LogP contribution in [0.15, 0.2) is 47.6 Å². The van der Waals surface area contributed by atoms with Gasteiger partial charge in [0.25, 0.3) is 0 Å². The van der Waals surface area contributed by atoms with Crippen LogP contribution in [0.1, 0.15) is 62.0 Å². The van der Waals surface area contributed by atoms with Gasteiger partial charge >= 0.3 is 0 Å². The predicted molar refractivity (Wildman–Crippen MR) is 131 cm³/mol. The fourth-order valence-electron chi connectivity index (χ4n) is 3.97. The minimum atomic E-state index is -1.43. The molecule has 186 valence electrons. The molecule has 1 heterocycles. The molecule has 0 bridgehead atoms. The quantitative estimate of drug-likeness (QED) is 0.316. The molecule has 1 aliphatic heterocycles. The summed E-state index contributed by atoms with van der Waals surface area (Å²) in [6.45, 7) is 5.51. The van der Waals surface area contributed by atoms with Gasteiger partial charge in [-0.2, -0.15) is 0 Å². The molecule has 2 aromatic rings. The molecule has 1 aliphatic rings. The number of nitrogens with zero attached hydrogens (tertiary/aromatic N) is 1. The first-order chi connectivity index (χ1) is 16.2. The predicted octanol–water partition coefficient (Wildman–Crippen LogP) is 3.37. The average Bonchev–Trinajstić information content (AvgIpc) is 2.82. The highest BCUT2D eigenvalue weighted by Crippen LogP contribution is 2.34. The number of hydrogen-bond donors (Lipinski definition) is 4. The first-order valence-electron chi connectivity index (χ1n) is 11.7. The second-order valence-electron chi connectivity index (χ2n) is 8.92. The van der Waals surface area contributed by atoms with Crippen LogP contribution in [0.4, 0.5) is 0 Å². The zero-order valence-corrected chi connectivity index (χ0v) is 20.5. The summed E-state index contributed by atoms with van der Waals surface area (Å²) in [7, 11) is 0. The molecular weight excluding hydrogens is 458 g/mol. The normalized spacial score (nSPS) is 25.6. The zero-order chi connectivity index (χ0) is 24.8. The van der Waals surface area contributed by atoms with E-state index in [1.807, 2.05) is 44.2 Å². The van der Waals surface area contributed by atoms with Gasteiger partial charge in [0.05, 0.1) is 12.3 Å². The molecule has 2 aromatic carbocycles. The Morgan fingerprint density at radius 2 is 1.76 bits per heavy atom. The lowest BCUT2D eigenvalue weighted by Gasteiger charge is -2.40. The van der Waals surface area contributed by atoms with Gasteiger partial charge in [0.1, 0.15) is 36.6 Å². The molecule has 0 aromatic heterocycles. The Balaban J connectivity index is 1.80. The van der Waals surface area contributed by atoms with Crippen LogP contribution in [0.5, 0.6) is 0 Å². The van der Waals surface area contributed by atoms with Crippen molar-refractivity contribution in [2.75, 3.05) is 6.61 Å². The van der Waals surface area contributed by atoms with Gasteiger partial charge in [-0.3, -0.25) is 0 Å². The largest absolute Gasteiger partial charge is 0.394 e. The molecule has 0 radical (unpaired) electrons. The highest BCUT2D eigenvalue weighted by molar-refractivity contribution is 6.31. The first-order valence-corrected chi connectivity index (χ1v) is 12.0. The lowest BCUT2D eigenvalue weighted by atomic mass is 9.90. The Hall–Kier alpha value is -2.00. The van der Waals surface area contributed by atoms with Crippen LogP contribution in [0.3, 0.4) is 0 Å². The summed E-state index contributed by atoms with van der Waals surface area (Å²) in [5.74, 6) is 0. The van der Waals surface area contributed by atoms with Crippen LogP contribution in [-0.4, -0.2) is 63.3 Å². The summed E-state index contributed by atoms with van der Waals surface area (Å²) in [5, 5.41) is 45.0. The number of halogens is 1. The standard InChI is InChI=1S/C26H34ClNO6/c1-4-5-21(28-34-15(2)3)17-8-6-16(7-9-17)12-19-13-18(10-11-20(19)27)26-25(32)24(31)23(30)22(14-29)33-26/h6-11,13,15,22-26,29-32H,4-5,12,14H2,1-3H3. The van der Waals surface area contributed by atoms with Crippen molar-refractivity contribution >= 4 is 17.3 Å². The molecule has 5 unspecified atom stereocenters. The monoisotopic (exact) mass is 491 g/mol. The summed E-state index contributed by atoms with van der Waals surface area (Å²) < 4.78 is 5.69. The lowest BCUT2D eigenvalue weighted by molar-refractivity contribution is -0.231. The van der Waals surface area contributed by atoms with E-state index < -0.39 is 37.1 Å². The van der Waals surface area contributed by atoms with Gasteiger partial charge in [0.2, 0.25) is 0 Å². The number of rotatable bonds is 9. The van der Waals surface area contributed by atoms with Gasteiger partial charge in [0, 0.05) is 5.02 Å². The molecule has 1 fully saturated rings. The topological polar surface area (TPSA) is 112 Å². The van der Waals surface area contributed by atoms with Crippen molar-refractivity contribution < 1.29 is 30.0 Å². The van der Waals surface area contributed by atoms with E-state index in [1.54, 1.807) is 12.1 Å². The molecule has 0 amide bonds. The van der Waals surface area contributed by atoms with E-state index >= 15 is 0 Å². The average molecular weight is 492 g/mol. The van der Waals surface area contributed by atoms with Gasteiger partial charge < -0.3 is 30.0 Å². The van der Waals surface area contributed by atoms with Gasteiger partial charge in [-0.05, 0) is 55.0 Å². The molecule has 34 heavy (non-hydrogen) atoms. The van der Waals surface area contributed by atoms with Crippen molar-refractivity contribution in [1.29, 1.82) is 0 Å². The molecule has 7 nitrogen and oxygen atoms in total. The van der Waals surface area contributed by atoms with E-state index in [1.165, 1.54) is 0 Å². The number of benzene rings is 2. The van der Waals surface area contributed by atoms with Crippen LogP contribution < -0.4 is 0 Å². The van der Waals surface area contributed by atoms with E-state index in [9.17, 15) is 20.4 Å². The van der Waals surface area contributed by atoms with Crippen molar-refractivity contribution in [3.63, 3.8) is 0 Å². The maximum absolute atomic E-state index is 10.5. The van der Waals surface area contributed by atoms with E-state index in [-0.39, 0.29) is 6.10 Å². The highest BCUT2D eigenvalue weighted by atomic mass is 35.5. The molecular formula is C26H34ClNO6. The minimum Gasteiger partial charge on any atom is -0.394 e. The van der Waals surface area contributed by atoms with E-state index in [0.29, 0.717) is 17.0 Å². The van der Waals surface area contributed by atoms with Gasteiger partial charge in [-0.15, -0.1) is 0 Å². The van der Waals surface area contributed by atoms with Gasteiger partial charge in [0.15, 0.2) is 0 Å². The Labute approximate surface area is 205 Å². The Morgan fingerprint density at radius 3 is 2.38 bits per heavy atom. The number of oxime groups is 1. The molecule has 8 heteroatoms. The zero-order valence-electron chi connectivity index (χ0n) is 19.8. The fourth-order valence-corrected chi connectivity index (χ4v) is 4.15. The number of ether oxygens (including phenoxy) is 1. The number of aliphatic hydroxyl groups excluding tert-OH is 4. The van der Waals surface area contributed by atoms with Crippen LogP contribution in [0.25, 0.3) is 0 Å². The van der Waals surface area contributed by atoms with E-state index in [0.717, 1.165) is 35.2 Å². The third-order valence-electron chi connectivity index (χ3n) is 5.83. The summed E-state index contributed by atoms with van der Waals surface area (Å²) in [4.78, 5) is 5.45. The summed E-state index contributed by atoms with van der Waals surface area (Å²) in [6, 6.07) is 13.3.